The molecule has 1 rings (SSSR count). The first kappa shape index (κ1) is 12.2. The zero-order valence-electron chi connectivity index (χ0n) is 9.13. The summed E-state index contributed by atoms with van der Waals surface area (Å²) in [5.74, 6) is 0.654. The summed E-state index contributed by atoms with van der Waals surface area (Å²) in [5.41, 5.74) is 5.65. The second kappa shape index (κ2) is 5.28. The molecular formula is C10H17ClN4. The Morgan fingerprint density at radius 1 is 1.47 bits per heavy atom. The summed E-state index contributed by atoms with van der Waals surface area (Å²) >= 11 is 5.97. The van der Waals surface area contributed by atoms with Crippen LogP contribution in [0.2, 0.25) is 5.02 Å². The molecule has 0 fully saturated rings. The van der Waals surface area contributed by atoms with Crippen molar-refractivity contribution in [1.29, 1.82) is 0 Å². The summed E-state index contributed by atoms with van der Waals surface area (Å²) in [6, 6.07) is 0. The van der Waals surface area contributed by atoms with Crippen LogP contribution >= 0.6 is 11.6 Å². The third-order valence-electron chi connectivity index (χ3n) is 2.80. The average molecular weight is 229 g/mol. The Bertz CT molecular complexity index is 304. The number of nitrogens with one attached hydrogen (secondary N) is 1. The molecule has 0 aliphatic heterocycles. The minimum Gasteiger partial charge on any atom is -0.362 e. The van der Waals surface area contributed by atoms with Crippen LogP contribution in [0.5, 0.6) is 0 Å². The number of nitrogens with two attached hydrogens (primary N) is 1. The van der Waals surface area contributed by atoms with Crippen LogP contribution in [0.25, 0.3) is 0 Å². The average Bonchev–Trinajstić information content (AvgIpc) is 2.29. The predicted molar refractivity (Wildman–Crippen MR) is 63.0 cm³/mol. The van der Waals surface area contributed by atoms with Crippen molar-refractivity contribution in [2.45, 2.75) is 32.2 Å². The normalized spacial score (nSPS) is 11.5. The molecule has 0 saturated carbocycles. The largest absolute Gasteiger partial charge is 0.362 e. The lowest BCUT2D eigenvalue weighted by Gasteiger charge is -2.32. The number of rotatable bonds is 5. The zero-order valence-corrected chi connectivity index (χ0v) is 9.88. The smallest absolute Gasteiger partial charge is 0.148 e. The van der Waals surface area contributed by atoms with Gasteiger partial charge < -0.3 is 11.1 Å². The number of hydrogen-bond donors (Lipinski definition) is 2. The number of halogens is 1. The Kier molecular flexibility index (Phi) is 4.29. The zero-order chi connectivity index (χ0) is 11.3. The highest BCUT2D eigenvalue weighted by atomic mass is 35.5. The van der Waals surface area contributed by atoms with E-state index >= 15 is 0 Å². The van der Waals surface area contributed by atoms with E-state index in [4.69, 9.17) is 17.3 Å². The van der Waals surface area contributed by atoms with E-state index in [-0.39, 0.29) is 5.54 Å². The Labute approximate surface area is 95.3 Å². The molecular weight excluding hydrogens is 212 g/mol. The van der Waals surface area contributed by atoms with Gasteiger partial charge in [0.05, 0.1) is 11.7 Å². The van der Waals surface area contributed by atoms with Crippen molar-refractivity contribution >= 4 is 17.4 Å². The van der Waals surface area contributed by atoms with E-state index in [1.807, 2.05) is 0 Å². The van der Waals surface area contributed by atoms with Gasteiger partial charge in [0.2, 0.25) is 0 Å². The number of aromatic nitrogens is 2. The first-order chi connectivity index (χ1) is 7.17. The molecule has 1 heterocycles. The van der Waals surface area contributed by atoms with Gasteiger partial charge in [-0.05, 0) is 12.8 Å². The van der Waals surface area contributed by atoms with Crippen LogP contribution in [0.1, 0.15) is 26.7 Å². The molecule has 0 aliphatic rings. The van der Waals surface area contributed by atoms with Gasteiger partial charge in [-0.3, -0.25) is 0 Å². The minimum atomic E-state index is -0.127. The second-order valence-electron chi connectivity index (χ2n) is 3.54. The molecule has 0 saturated heterocycles. The maximum atomic E-state index is 5.97. The summed E-state index contributed by atoms with van der Waals surface area (Å²) in [6.45, 7) is 4.75. The van der Waals surface area contributed by atoms with E-state index in [1.54, 1.807) is 6.20 Å². The summed E-state index contributed by atoms with van der Waals surface area (Å²) in [6.07, 6.45) is 4.91. The maximum absolute atomic E-state index is 5.97. The van der Waals surface area contributed by atoms with Crippen molar-refractivity contribution in [2.75, 3.05) is 11.9 Å². The molecule has 84 valence electrons. The van der Waals surface area contributed by atoms with Crippen molar-refractivity contribution in [3.63, 3.8) is 0 Å². The number of anilines is 1. The predicted octanol–water partition coefficient (Wildman–Crippen LogP) is 2.06. The first-order valence-corrected chi connectivity index (χ1v) is 5.49. The lowest BCUT2D eigenvalue weighted by atomic mass is 9.93. The third-order valence-corrected chi connectivity index (χ3v) is 3.07. The molecule has 0 atom stereocenters. The molecule has 4 nitrogen and oxygen atoms in total. The van der Waals surface area contributed by atoms with Crippen molar-refractivity contribution in [3.05, 3.63) is 17.5 Å². The topological polar surface area (TPSA) is 63.8 Å². The summed E-state index contributed by atoms with van der Waals surface area (Å²) in [5, 5.41) is 3.83. The molecule has 0 spiro atoms. The molecule has 1 aromatic heterocycles. The van der Waals surface area contributed by atoms with Crippen LogP contribution in [0.15, 0.2) is 12.5 Å². The Morgan fingerprint density at radius 3 is 2.60 bits per heavy atom. The summed E-state index contributed by atoms with van der Waals surface area (Å²) < 4.78 is 0. The van der Waals surface area contributed by atoms with Crippen LogP contribution in [-0.2, 0) is 0 Å². The Hall–Kier alpha value is -0.870. The van der Waals surface area contributed by atoms with Gasteiger partial charge in [-0.2, -0.15) is 0 Å². The Morgan fingerprint density at radius 2 is 2.13 bits per heavy atom. The van der Waals surface area contributed by atoms with Gasteiger partial charge in [0.25, 0.3) is 0 Å². The minimum absolute atomic E-state index is 0.127. The standard InChI is InChI=1S/C10H17ClN4/c1-3-10(4-2,6-12)15-9-8(11)5-13-7-14-9/h5,7H,3-4,6,12H2,1-2H3,(H,13,14,15). The van der Waals surface area contributed by atoms with Gasteiger partial charge in [-0.25, -0.2) is 9.97 Å². The van der Waals surface area contributed by atoms with Gasteiger partial charge in [0.1, 0.15) is 17.2 Å². The number of nitrogens with zero attached hydrogens (tertiary/aromatic N) is 2. The van der Waals surface area contributed by atoms with Crippen LogP contribution in [0.3, 0.4) is 0 Å². The van der Waals surface area contributed by atoms with E-state index in [9.17, 15) is 0 Å². The van der Waals surface area contributed by atoms with Crippen LogP contribution < -0.4 is 11.1 Å². The molecule has 1 aromatic rings. The van der Waals surface area contributed by atoms with Gasteiger partial charge >= 0.3 is 0 Å². The molecule has 0 unspecified atom stereocenters. The molecule has 0 aromatic carbocycles. The van der Waals surface area contributed by atoms with Gasteiger partial charge in [0, 0.05) is 6.54 Å². The molecule has 0 radical (unpaired) electrons. The fourth-order valence-electron chi connectivity index (χ4n) is 1.42. The van der Waals surface area contributed by atoms with Crippen molar-refractivity contribution in [1.82, 2.24) is 9.97 Å². The molecule has 15 heavy (non-hydrogen) atoms. The highest BCUT2D eigenvalue weighted by Crippen LogP contribution is 2.24. The first-order valence-electron chi connectivity index (χ1n) is 5.11. The van der Waals surface area contributed by atoms with Crippen molar-refractivity contribution in [2.24, 2.45) is 5.73 Å². The fraction of sp³-hybridized carbons (Fsp3) is 0.600. The SMILES string of the molecule is CCC(CC)(CN)Nc1ncncc1Cl. The monoisotopic (exact) mass is 228 g/mol. The van der Waals surface area contributed by atoms with E-state index in [0.717, 1.165) is 12.8 Å². The molecule has 0 amide bonds. The summed E-state index contributed by atoms with van der Waals surface area (Å²) in [7, 11) is 0. The van der Waals surface area contributed by atoms with E-state index in [1.165, 1.54) is 6.33 Å². The van der Waals surface area contributed by atoms with Gasteiger partial charge in [-0.15, -0.1) is 0 Å². The van der Waals surface area contributed by atoms with Crippen LogP contribution in [-0.4, -0.2) is 22.1 Å². The maximum Gasteiger partial charge on any atom is 0.148 e. The quantitative estimate of drug-likeness (QED) is 0.810. The molecule has 5 heteroatoms. The van der Waals surface area contributed by atoms with E-state index in [0.29, 0.717) is 17.4 Å². The van der Waals surface area contributed by atoms with Gasteiger partial charge in [0.15, 0.2) is 0 Å². The lowest BCUT2D eigenvalue weighted by molar-refractivity contribution is 0.443. The second-order valence-corrected chi connectivity index (χ2v) is 3.94. The van der Waals surface area contributed by atoms with Crippen molar-refractivity contribution in [3.8, 4) is 0 Å². The lowest BCUT2D eigenvalue weighted by Crippen LogP contribution is -2.44. The number of hydrogen-bond acceptors (Lipinski definition) is 4. The van der Waals surface area contributed by atoms with Crippen molar-refractivity contribution < 1.29 is 0 Å². The Balaban J connectivity index is 2.88. The van der Waals surface area contributed by atoms with E-state index < -0.39 is 0 Å². The van der Waals surface area contributed by atoms with E-state index in [2.05, 4.69) is 29.1 Å². The fourth-order valence-corrected chi connectivity index (χ4v) is 1.57. The molecule has 0 aliphatic carbocycles. The third kappa shape index (κ3) is 2.79. The molecule has 0 bridgehead atoms. The molecule has 3 N–H and O–H groups in total. The highest BCUT2D eigenvalue weighted by molar-refractivity contribution is 6.32. The van der Waals surface area contributed by atoms with Crippen LogP contribution in [0.4, 0.5) is 5.82 Å². The van der Waals surface area contributed by atoms with Crippen LogP contribution in [0, 0.1) is 0 Å². The highest BCUT2D eigenvalue weighted by Gasteiger charge is 2.25. The summed E-state index contributed by atoms with van der Waals surface area (Å²) in [4.78, 5) is 7.94. The van der Waals surface area contributed by atoms with Gasteiger partial charge in [-0.1, -0.05) is 25.4 Å².